The standard InChI is InChI=1S/C19H39NO/c1-5-6-7-8-9-10-11-14-18(21)19(20(3)4)15-12-13-17(2)16-19/h17-18,21H,5-16H2,1-4H3. The molecule has 1 saturated carbocycles. The van der Waals surface area contributed by atoms with E-state index in [-0.39, 0.29) is 11.6 Å². The molecule has 2 heteroatoms. The number of unbranched alkanes of at least 4 members (excludes halogenated alkanes) is 6. The van der Waals surface area contributed by atoms with E-state index in [9.17, 15) is 5.11 Å². The summed E-state index contributed by atoms with van der Waals surface area (Å²) in [5.41, 5.74) is 0.0415. The molecule has 3 atom stereocenters. The summed E-state index contributed by atoms with van der Waals surface area (Å²) in [5.74, 6) is 0.754. The van der Waals surface area contributed by atoms with E-state index in [0.717, 1.165) is 18.8 Å². The van der Waals surface area contributed by atoms with Gasteiger partial charge in [0.15, 0.2) is 0 Å². The molecule has 0 aromatic carbocycles. The summed E-state index contributed by atoms with van der Waals surface area (Å²) in [4.78, 5) is 2.31. The zero-order valence-electron chi connectivity index (χ0n) is 15.0. The average Bonchev–Trinajstić information content (AvgIpc) is 2.45. The fourth-order valence-electron chi connectivity index (χ4n) is 4.13. The molecule has 0 aliphatic heterocycles. The minimum absolute atomic E-state index is 0.0415. The maximum Gasteiger partial charge on any atom is 0.0723 e. The molecule has 0 aromatic rings. The summed E-state index contributed by atoms with van der Waals surface area (Å²) in [6.07, 6.45) is 15.1. The second-order valence-corrected chi connectivity index (χ2v) is 7.63. The lowest BCUT2D eigenvalue weighted by Crippen LogP contribution is -2.56. The third-order valence-corrected chi connectivity index (χ3v) is 5.60. The first-order chi connectivity index (χ1) is 10.0. The van der Waals surface area contributed by atoms with Gasteiger partial charge in [0.2, 0.25) is 0 Å². The molecule has 0 amide bonds. The highest BCUT2D eigenvalue weighted by atomic mass is 16.3. The fourth-order valence-corrected chi connectivity index (χ4v) is 4.13. The molecule has 1 N–H and O–H groups in total. The molecule has 0 saturated heterocycles. The van der Waals surface area contributed by atoms with E-state index in [2.05, 4.69) is 32.8 Å². The predicted molar refractivity (Wildman–Crippen MR) is 92.7 cm³/mol. The Balaban J connectivity index is 2.32. The van der Waals surface area contributed by atoms with Crippen molar-refractivity contribution in [2.75, 3.05) is 14.1 Å². The molecule has 0 heterocycles. The van der Waals surface area contributed by atoms with Crippen molar-refractivity contribution in [3.05, 3.63) is 0 Å². The number of likely N-dealkylation sites (N-methyl/N-ethyl adjacent to an activating group) is 1. The second-order valence-electron chi connectivity index (χ2n) is 7.63. The lowest BCUT2D eigenvalue weighted by Gasteiger charge is -2.48. The highest BCUT2D eigenvalue weighted by Gasteiger charge is 2.42. The Morgan fingerprint density at radius 2 is 1.71 bits per heavy atom. The van der Waals surface area contributed by atoms with Gasteiger partial charge in [0.1, 0.15) is 0 Å². The molecule has 1 aliphatic carbocycles. The number of hydrogen-bond acceptors (Lipinski definition) is 2. The number of hydrogen-bond donors (Lipinski definition) is 1. The first-order valence-corrected chi connectivity index (χ1v) is 9.38. The molecule has 126 valence electrons. The van der Waals surface area contributed by atoms with Crippen LogP contribution in [0.15, 0.2) is 0 Å². The fraction of sp³-hybridized carbons (Fsp3) is 1.00. The topological polar surface area (TPSA) is 23.5 Å². The van der Waals surface area contributed by atoms with E-state index in [1.807, 2.05) is 0 Å². The van der Waals surface area contributed by atoms with Crippen LogP contribution in [0.2, 0.25) is 0 Å². The molecule has 0 radical (unpaired) electrons. The molecule has 2 nitrogen and oxygen atoms in total. The van der Waals surface area contributed by atoms with Crippen LogP contribution in [0.5, 0.6) is 0 Å². The van der Waals surface area contributed by atoms with Crippen LogP contribution >= 0.6 is 0 Å². The lowest BCUT2D eigenvalue weighted by atomic mass is 9.71. The third-order valence-electron chi connectivity index (χ3n) is 5.60. The Morgan fingerprint density at radius 3 is 2.29 bits per heavy atom. The Bertz CT molecular complexity index is 266. The van der Waals surface area contributed by atoms with Crippen LogP contribution < -0.4 is 0 Å². The van der Waals surface area contributed by atoms with Gasteiger partial charge in [-0.3, -0.25) is 0 Å². The molecular weight excluding hydrogens is 258 g/mol. The van der Waals surface area contributed by atoms with Crippen LogP contribution in [0.25, 0.3) is 0 Å². The van der Waals surface area contributed by atoms with Crippen molar-refractivity contribution in [3.63, 3.8) is 0 Å². The summed E-state index contributed by atoms with van der Waals surface area (Å²) < 4.78 is 0. The molecule has 1 rings (SSSR count). The van der Waals surface area contributed by atoms with E-state index >= 15 is 0 Å². The van der Waals surface area contributed by atoms with Gasteiger partial charge < -0.3 is 10.0 Å². The minimum Gasteiger partial charge on any atom is -0.391 e. The van der Waals surface area contributed by atoms with Crippen molar-refractivity contribution in [3.8, 4) is 0 Å². The van der Waals surface area contributed by atoms with Crippen LogP contribution in [0, 0.1) is 5.92 Å². The zero-order valence-corrected chi connectivity index (χ0v) is 15.0. The van der Waals surface area contributed by atoms with Gasteiger partial charge in [0.05, 0.1) is 6.10 Å². The third kappa shape index (κ3) is 5.90. The Morgan fingerprint density at radius 1 is 1.10 bits per heavy atom. The molecule has 3 unspecified atom stereocenters. The summed E-state index contributed by atoms with van der Waals surface area (Å²) in [6, 6.07) is 0. The summed E-state index contributed by atoms with van der Waals surface area (Å²) >= 11 is 0. The largest absolute Gasteiger partial charge is 0.391 e. The van der Waals surface area contributed by atoms with Crippen molar-refractivity contribution in [2.45, 2.75) is 103 Å². The maximum atomic E-state index is 10.8. The van der Waals surface area contributed by atoms with Crippen LogP contribution in [0.3, 0.4) is 0 Å². The minimum atomic E-state index is -0.147. The van der Waals surface area contributed by atoms with E-state index in [1.165, 1.54) is 64.2 Å². The molecule has 21 heavy (non-hydrogen) atoms. The number of aliphatic hydroxyl groups excluding tert-OH is 1. The Kier molecular flexibility index (Phi) is 8.89. The van der Waals surface area contributed by atoms with Crippen molar-refractivity contribution in [2.24, 2.45) is 5.92 Å². The van der Waals surface area contributed by atoms with Gasteiger partial charge in [-0.05, 0) is 39.3 Å². The van der Waals surface area contributed by atoms with Crippen molar-refractivity contribution in [1.82, 2.24) is 4.90 Å². The summed E-state index contributed by atoms with van der Waals surface area (Å²) in [5, 5.41) is 10.8. The highest BCUT2D eigenvalue weighted by molar-refractivity contribution is 4.98. The summed E-state index contributed by atoms with van der Waals surface area (Å²) in [7, 11) is 4.32. The van der Waals surface area contributed by atoms with Gasteiger partial charge in [-0.15, -0.1) is 0 Å². The maximum absolute atomic E-state index is 10.8. The molecule has 0 spiro atoms. The van der Waals surface area contributed by atoms with E-state index in [1.54, 1.807) is 0 Å². The monoisotopic (exact) mass is 297 g/mol. The average molecular weight is 298 g/mol. The molecule has 1 fully saturated rings. The van der Waals surface area contributed by atoms with Gasteiger partial charge in [-0.1, -0.05) is 71.6 Å². The first-order valence-electron chi connectivity index (χ1n) is 9.38. The van der Waals surface area contributed by atoms with Crippen molar-refractivity contribution < 1.29 is 5.11 Å². The Hall–Kier alpha value is -0.0800. The van der Waals surface area contributed by atoms with E-state index < -0.39 is 0 Å². The Labute approximate surface area is 133 Å². The van der Waals surface area contributed by atoms with E-state index in [4.69, 9.17) is 0 Å². The van der Waals surface area contributed by atoms with Crippen molar-refractivity contribution >= 4 is 0 Å². The van der Waals surface area contributed by atoms with Crippen LogP contribution in [-0.4, -0.2) is 35.7 Å². The smallest absolute Gasteiger partial charge is 0.0723 e. The van der Waals surface area contributed by atoms with Crippen molar-refractivity contribution in [1.29, 1.82) is 0 Å². The number of rotatable bonds is 10. The second kappa shape index (κ2) is 9.84. The quantitative estimate of drug-likeness (QED) is 0.574. The molecular formula is C19H39NO. The molecule has 1 aliphatic rings. The van der Waals surface area contributed by atoms with Gasteiger partial charge in [-0.2, -0.15) is 0 Å². The normalized spacial score (nSPS) is 28.0. The van der Waals surface area contributed by atoms with Gasteiger partial charge in [-0.25, -0.2) is 0 Å². The van der Waals surface area contributed by atoms with Crippen LogP contribution in [-0.2, 0) is 0 Å². The molecule has 0 aromatic heterocycles. The molecule has 0 bridgehead atoms. The SMILES string of the molecule is CCCCCCCCCC(O)C1(N(C)C)CCCC(C)C1. The highest BCUT2D eigenvalue weighted by Crippen LogP contribution is 2.39. The zero-order chi connectivity index (χ0) is 15.7. The van der Waals surface area contributed by atoms with Crippen LogP contribution in [0.1, 0.15) is 90.9 Å². The predicted octanol–water partition coefficient (Wildman–Crippen LogP) is 5.00. The number of nitrogens with zero attached hydrogens (tertiary/aromatic N) is 1. The van der Waals surface area contributed by atoms with Gasteiger partial charge >= 0.3 is 0 Å². The van der Waals surface area contributed by atoms with E-state index in [0.29, 0.717) is 0 Å². The lowest BCUT2D eigenvalue weighted by molar-refractivity contribution is -0.0476. The van der Waals surface area contributed by atoms with Gasteiger partial charge in [0, 0.05) is 5.54 Å². The number of aliphatic hydroxyl groups is 1. The van der Waals surface area contributed by atoms with Crippen LogP contribution in [0.4, 0.5) is 0 Å². The summed E-state index contributed by atoms with van der Waals surface area (Å²) in [6.45, 7) is 4.61. The first kappa shape index (κ1) is 19.0. The van der Waals surface area contributed by atoms with Gasteiger partial charge in [0.25, 0.3) is 0 Å².